The lowest BCUT2D eigenvalue weighted by Gasteiger charge is -2.32. The largest absolute Gasteiger partial charge is 0.466 e. The van der Waals surface area contributed by atoms with Gasteiger partial charge in [-0.25, -0.2) is 0 Å². The van der Waals surface area contributed by atoms with Crippen LogP contribution in [0.5, 0.6) is 11.5 Å². The normalized spacial score (nSPS) is 16.6. The summed E-state index contributed by atoms with van der Waals surface area (Å²) in [7, 11) is 2.03. The van der Waals surface area contributed by atoms with Crippen molar-refractivity contribution in [2.45, 2.75) is 32.1 Å². The Morgan fingerprint density at radius 1 is 1.09 bits per heavy atom. The number of para-hydroxylation sites is 1. The predicted molar refractivity (Wildman–Crippen MR) is 128 cm³/mol. The van der Waals surface area contributed by atoms with Gasteiger partial charge in [-0.15, -0.1) is 0 Å². The van der Waals surface area contributed by atoms with Crippen molar-refractivity contribution in [2.24, 2.45) is 13.0 Å². The van der Waals surface area contributed by atoms with Gasteiger partial charge >= 0.3 is 5.97 Å². The Hall–Kier alpha value is -3.48. The fourth-order valence-electron chi connectivity index (χ4n) is 5.12. The molecule has 1 atom stereocenters. The number of esters is 1. The number of likely N-dealkylation sites (tertiary alicyclic amines) is 1. The maximum atomic E-state index is 13.5. The van der Waals surface area contributed by atoms with Crippen LogP contribution in [0, 0.1) is 5.92 Å². The Balaban J connectivity index is 1.42. The summed E-state index contributed by atoms with van der Waals surface area (Å²) in [4.78, 5) is 27.5. The smallest absolute Gasteiger partial charge is 0.309 e. The van der Waals surface area contributed by atoms with Gasteiger partial charge in [-0.3, -0.25) is 9.59 Å². The summed E-state index contributed by atoms with van der Waals surface area (Å²) in [6, 6.07) is 14.2. The fraction of sp³-hybridized carbons (Fsp3) is 0.407. The molecule has 7 nitrogen and oxygen atoms in total. The van der Waals surface area contributed by atoms with Gasteiger partial charge in [-0.05, 0) is 49.1 Å². The van der Waals surface area contributed by atoms with Crippen molar-refractivity contribution in [3.8, 4) is 11.5 Å². The summed E-state index contributed by atoms with van der Waals surface area (Å²) >= 11 is 0. The van der Waals surface area contributed by atoms with E-state index in [1.807, 2.05) is 49.2 Å². The van der Waals surface area contributed by atoms with Crippen LogP contribution in [0.15, 0.2) is 48.7 Å². The molecule has 5 rings (SSSR count). The minimum atomic E-state index is -0.149. The average Bonchev–Trinajstić information content (AvgIpc) is 3.47. The fourth-order valence-corrected chi connectivity index (χ4v) is 5.12. The van der Waals surface area contributed by atoms with E-state index in [9.17, 15) is 9.59 Å². The lowest BCUT2D eigenvalue weighted by Crippen LogP contribution is -2.41. The molecular weight excluding hydrogens is 432 g/mol. The third-order valence-electron chi connectivity index (χ3n) is 6.95. The van der Waals surface area contributed by atoms with Crippen molar-refractivity contribution >= 4 is 22.8 Å². The number of carbonyl (C=O) groups is 2. The summed E-state index contributed by atoms with van der Waals surface area (Å²) in [6.45, 7) is 3.57. The molecule has 34 heavy (non-hydrogen) atoms. The zero-order valence-corrected chi connectivity index (χ0v) is 19.7. The number of nitrogens with zero attached hydrogens (tertiary/aromatic N) is 2. The van der Waals surface area contributed by atoms with Crippen LogP contribution in [-0.2, 0) is 21.4 Å². The molecule has 3 heterocycles. The summed E-state index contributed by atoms with van der Waals surface area (Å²) in [5, 5.41) is 1.14. The van der Waals surface area contributed by atoms with Gasteiger partial charge in [0.25, 0.3) is 0 Å². The first-order chi connectivity index (χ1) is 16.5. The first-order valence-electron chi connectivity index (χ1n) is 11.9. The maximum absolute atomic E-state index is 13.5. The Kier molecular flexibility index (Phi) is 6.18. The maximum Gasteiger partial charge on any atom is 0.309 e. The van der Waals surface area contributed by atoms with Crippen LogP contribution in [0.4, 0.5) is 0 Å². The van der Waals surface area contributed by atoms with Gasteiger partial charge in [0.1, 0.15) is 0 Å². The van der Waals surface area contributed by atoms with Gasteiger partial charge in [0.2, 0.25) is 12.7 Å². The van der Waals surface area contributed by atoms with Gasteiger partial charge in [0.05, 0.1) is 12.5 Å². The van der Waals surface area contributed by atoms with Crippen molar-refractivity contribution in [1.29, 1.82) is 0 Å². The number of carbonyl (C=O) groups excluding carboxylic acids is 2. The van der Waals surface area contributed by atoms with Gasteiger partial charge in [0.15, 0.2) is 11.5 Å². The molecule has 0 spiro atoms. The molecule has 2 aromatic carbocycles. The summed E-state index contributed by atoms with van der Waals surface area (Å²) in [6.07, 6.45) is 3.76. The number of amides is 1. The second-order valence-electron chi connectivity index (χ2n) is 8.99. The third-order valence-corrected chi connectivity index (χ3v) is 6.95. The standard InChI is InChI=1S/C27H30N2O5/c1-3-32-27(31)18-10-12-29(13-11-18)26(30)15-21(19-8-9-24-25(14-19)34-17-33-24)22-16-28(2)23-7-5-4-6-20(22)23/h4-9,14,16,18,21H,3,10-13,15,17H2,1-2H3. The first-order valence-corrected chi connectivity index (χ1v) is 11.9. The quantitative estimate of drug-likeness (QED) is 0.513. The van der Waals surface area contributed by atoms with Crippen LogP contribution in [0.1, 0.15) is 43.2 Å². The highest BCUT2D eigenvalue weighted by Crippen LogP contribution is 2.40. The van der Waals surface area contributed by atoms with E-state index in [4.69, 9.17) is 14.2 Å². The topological polar surface area (TPSA) is 70.0 Å². The first kappa shape index (κ1) is 22.3. The molecule has 0 bridgehead atoms. The second-order valence-corrected chi connectivity index (χ2v) is 8.99. The minimum Gasteiger partial charge on any atom is -0.466 e. The highest BCUT2D eigenvalue weighted by atomic mass is 16.7. The van der Waals surface area contributed by atoms with E-state index in [1.54, 1.807) is 0 Å². The Morgan fingerprint density at radius 3 is 2.65 bits per heavy atom. The number of rotatable bonds is 6. The zero-order valence-electron chi connectivity index (χ0n) is 19.7. The number of fused-ring (bicyclic) bond motifs is 2. The number of aryl methyl sites for hydroxylation is 1. The molecule has 1 saturated heterocycles. The molecule has 1 amide bonds. The lowest BCUT2D eigenvalue weighted by molar-refractivity contribution is -0.151. The number of piperidine rings is 1. The van der Waals surface area contributed by atoms with Crippen molar-refractivity contribution in [1.82, 2.24) is 9.47 Å². The Labute approximate surface area is 199 Å². The van der Waals surface area contributed by atoms with E-state index in [1.165, 1.54) is 0 Å². The Morgan fingerprint density at radius 2 is 1.85 bits per heavy atom. The SMILES string of the molecule is CCOC(=O)C1CCN(C(=O)CC(c2ccc3c(c2)OCO3)c2cn(C)c3ccccc23)CC1. The van der Waals surface area contributed by atoms with Crippen molar-refractivity contribution in [3.05, 3.63) is 59.8 Å². The van der Waals surface area contributed by atoms with E-state index in [2.05, 4.69) is 22.9 Å². The van der Waals surface area contributed by atoms with Gasteiger partial charge in [-0.1, -0.05) is 24.3 Å². The van der Waals surface area contributed by atoms with Crippen LogP contribution >= 0.6 is 0 Å². The molecule has 1 unspecified atom stereocenters. The molecule has 7 heteroatoms. The van der Waals surface area contributed by atoms with Gasteiger partial charge < -0.3 is 23.7 Å². The molecule has 0 N–H and O–H groups in total. The molecular formula is C27H30N2O5. The molecule has 2 aliphatic heterocycles. The van der Waals surface area contributed by atoms with Crippen LogP contribution in [-0.4, -0.2) is 47.8 Å². The van der Waals surface area contributed by atoms with Crippen LogP contribution in [0.3, 0.4) is 0 Å². The van der Waals surface area contributed by atoms with Crippen molar-refractivity contribution in [2.75, 3.05) is 26.5 Å². The number of benzene rings is 2. The number of hydrogen-bond acceptors (Lipinski definition) is 5. The molecule has 0 aliphatic carbocycles. The monoisotopic (exact) mass is 462 g/mol. The lowest BCUT2D eigenvalue weighted by atomic mass is 9.87. The highest BCUT2D eigenvalue weighted by molar-refractivity contribution is 5.87. The summed E-state index contributed by atoms with van der Waals surface area (Å²) in [5.41, 5.74) is 3.27. The number of ether oxygens (including phenoxy) is 3. The predicted octanol–water partition coefficient (Wildman–Crippen LogP) is 4.23. The van der Waals surface area contributed by atoms with E-state index >= 15 is 0 Å². The molecule has 2 aliphatic rings. The van der Waals surface area contributed by atoms with Crippen molar-refractivity contribution in [3.63, 3.8) is 0 Å². The summed E-state index contributed by atoms with van der Waals surface area (Å²) < 4.78 is 18.4. The summed E-state index contributed by atoms with van der Waals surface area (Å²) in [5.74, 6) is 1.14. The number of aromatic nitrogens is 1. The molecule has 0 radical (unpaired) electrons. The highest BCUT2D eigenvalue weighted by Gasteiger charge is 2.31. The van der Waals surface area contributed by atoms with Gasteiger partial charge in [0, 0.05) is 49.6 Å². The second kappa shape index (κ2) is 9.41. The van der Waals surface area contributed by atoms with Gasteiger partial charge in [-0.2, -0.15) is 0 Å². The van der Waals surface area contributed by atoms with Crippen LogP contribution in [0.2, 0.25) is 0 Å². The van der Waals surface area contributed by atoms with E-state index in [-0.39, 0.29) is 30.5 Å². The minimum absolute atomic E-state index is 0.0953. The number of hydrogen-bond donors (Lipinski definition) is 0. The zero-order chi connectivity index (χ0) is 23.7. The van der Waals surface area contributed by atoms with Crippen molar-refractivity contribution < 1.29 is 23.8 Å². The molecule has 1 aromatic heterocycles. The molecule has 3 aromatic rings. The van der Waals surface area contributed by atoms with Crippen LogP contribution < -0.4 is 9.47 Å². The molecule has 178 valence electrons. The molecule has 1 fully saturated rings. The van der Waals surface area contributed by atoms with E-state index < -0.39 is 0 Å². The van der Waals surface area contributed by atoms with Crippen LogP contribution in [0.25, 0.3) is 10.9 Å². The third kappa shape index (κ3) is 4.22. The van der Waals surface area contributed by atoms with E-state index in [0.29, 0.717) is 44.7 Å². The average molecular weight is 463 g/mol. The Bertz CT molecular complexity index is 1210. The molecule has 0 saturated carbocycles. The van der Waals surface area contributed by atoms with E-state index in [0.717, 1.165) is 27.8 Å².